The molecule has 0 spiro atoms. The molecular weight excluding hydrogens is 220 g/mol. The van der Waals surface area contributed by atoms with Gasteiger partial charge in [0.2, 0.25) is 0 Å². The molecule has 0 aromatic heterocycles. The first-order valence-corrected chi connectivity index (χ1v) is 6.52. The van der Waals surface area contributed by atoms with Gasteiger partial charge in [0.05, 0.1) is 6.10 Å². The van der Waals surface area contributed by atoms with Gasteiger partial charge in [-0.05, 0) is 38.5 Å². The van der Waals surface area contributed by atoms with Gasteiger partial charge in [-0.15, -0.1) is 0 Å². The first-order valence-electron chi connectivity index (χ1n) is 6.52. The molecule has 1 heterocycles. The number of aliphatic hydroxyl groups excluding tert-OH is 2. The first kappa shape index (κ1) is 13.2. The van der Waals surface area contributed by atoms with E-state index in [0.29, 0.717) is 12.0 Å². The Hall–Kier alpha value is -0.200. The fourth-order valence-electron chi connectivity index (χ4n) is 2.91. The zero-order chi connectivity index (χ0) is 12.4. The van der Waals surface area contributed by atoms with Crippen molar-refractivity contribution < 1.29 is 14.9 Å². The number of hydrogen-bond acceptors (Lipinski definition) is 5. The lowest BCUT2D eigenvalue weighted by Gasteiger charge is -2.33. The van der Waals surface area contributed by atoms with Gasteiger partial charge in [-0.3, -0.25) is 10.2 Å². The highest BCUT2D eigenvalue weighted by Crippen LogP contribution is 2.28. The highest BCUT2D eigenvalue weighted by molar-refractivity contribution is 4.85. The minimum Gasteiger partial charge on any atom is -0.381 e. The van der Waals surface area contributed by atoms with Crippen LogP contribution in [-0.2, 0) is 4.74 Å². The smallest absolute Gasteiger partial charge is 0.165 e. The van der Waals surface area contributed by atoms with Crippen LogP contribution < -0.4 is 5.32 Å². The minimum absolute atomic E-state index is 0.0230. The zero-order valence-electron chi connectivity index (χ0n) is 10.7. The van der Waals surface area contributed by atoms with Crippen molar-refractivity contribution in [2.45, 2.75) is 57.3 Å². The number of ether oxygens (including phenoxy) is 1. The third-order valence-electron chi connectivity index (χ3n) is 4.21. The molecule has 3 unspecified atom stereocenters. The third-order valence-corrected chi connectivity index (χ3v) is 4.21. The Kier molecular flexibility index (Phi) is 4.38. The summed E-state index contributed by atoms with van der Waals surface area (Å²) in [5, 5.41) is 22.1. The Labute approximate surface area is 103 Å². The van der Waals surface area contributed by atoms with Crippen LogP contribution in [0.4, 0.5) is 0 Å². The number of hydrogen-bond donors (Lipinski definition) is 3. The van der Waals surface area contributed by atoms with Gasteiger partial charge < -0.3 is 14.9 Å². The number of rotatable bonds is 3. The van der Waals surface area contributed by atoms with Gasteiger partial charge in [-0.2, -0.15) is 0 Å². The molecule has 2 fully saturated rings. The summed E-state index contributed by atoms with van der Waals surface area (Å²) in [6, 6.07) is -0.0230. The maximum absolute atomic E-state index is 9.79. The molecule has 3 N–H and O–H groups in total. The van der Waals surface area contributed by atoms with Crippen molar-refractivity contribution >= 4 is 0 Å². The summed E-state index contributed by atoms with van der Waals surface area (Å²) < 4.78 is 5.35. The number of nitrogens with zero attached hydrogens (tertiary/aromatic N) is 1. The van der Waals surface area contributed by atoms with Crippen molar-refractivity contribution in [3.63, 3.8) is 0 Å². The summed E-state index contributed by atoms with van der Waals surface area (Å²) in [5.74, 6) is 0.602. The SMILES string of the molecule is COC1CCC(CN2C(O)NC(O)C2C)CC1. The van der Waals surface area contributed by atoms with E-state index < -0.39 is 12.6 Å². The molecule has 0 amide bonds. The van der Waals surface area contributed by atoms with Gasteiger partial charge in [0.15, 0.2) is 6.35 Å². The van der Waals surface area contributed by atoms with E-state index in [9.17, 15) is 10.2 Å². The average Bonchev–Trinajstić information content (AvgIpc) is 2.57. The second-order valence-corrected chi connectivity index (χ2v) is 5.30. The molecule has 5 heteroatoms. The van der Waals surface area contributed by atoms with E-state index in [1.807, 2.05) is 11.8 Å². The maximum Gasteiger partial charge on any atom is 0.165 e. The van der Waals surface area contributed by atoms with Crippen LogP contribution in [0.5, 0.6) is 0 Å². The molecular formula is C12H24N2O3. The van der Waals surface area contributed by atoms with E-state index in [2.05, 4.69) is 5.32 Å². The minimum atomic E-state index is -0.708. The normalized spacial score (nSPS) is 44.1. The molecule has 5 nitrogen and oxygen atoms in total. The Morgan fingerprint density at radius 2 is 1.88 bits per heavy atom. The highest BCUT2D eigenvalue weighted by Gasteiger charge is 2.37. The van der Waals surface area contributed by atoms with Crippen molar-refractivity contribution in [2.24, 2.45) is 5.92 Å². The Bertz CT molecular complexity index is 244. The van der Waals surface area contributed by atoms with Gasteiger partial charge in [0.25, 0.3) is 0 Å². The summed E-state index contributed by atoms with van der Waals surface area (Å²) in [4.78, 5) is 1.95. The second-order valence-electron chi connectivity index (χ2n) is 5.30. The van der Waals surface area contributed by atoms with Gasteiger partial charge in [0.1, 0.15) is 6.23 Å². The molecule has 100 valence electrons. The predicted molar refractivity (Wildman–Crippen MR) is 64.1 cm³/mol. The highest BCUT2D eigenvalue weighted by atomic mass is 16.5. The lowest BCUT2D eigenvalue weighted by Crippen LogP contribution is -2.42. The van der Waals surface area contributed by atoms with Gasteiger partial charge in [-0.25, -0.2) is 0 Å². The lowest BCUT2D eigenvalue weighted by atomic mass is 9.87. The van der Waals surface area contributed by atoms with Crippen LogP contribution in [0.1, 0.15) is 32.6 Å². The fraction of sp³-hybridized carbons (Fsp3) is 1.00. The Balaban J connectivity index is 1.81. The summed E-state index contributed by atoms with van der Waals surface area (Å²) >= 11 is 0. The number of aliphatic hydroxyl groups is 2. The Morgan fingerprint density at radius 1 is 1.24 bits per heavy atom. The number of methoxy groups -OCH3 is 1. The first-order chi connectivity index (χ1) is 8.11. The Morgan fingerprint density at radius 3 is 2.35 bits per heavy atom. The molecule has 0 radical (unpaired) electrons. The standard InChI is InChI=1S/C12H24N2O3/c1-8-11(15)13-12(16)14(8)7-9-3-5-10(17-2)6-4-9/h8-13,15-16H,3-7H2,1-2H3. The van der Waals surface area contributed by atoms with E-state index in [4.69, 9.17) is 4.74 Å². The summed E-state index contributed by atoms with van der Waals surface area (Å²) in [6.07, 6.45) is 3.58. The largest absolute Gasteiger partial charge is 0.381 e. The lowest BCUT2D eigenvalue weighted by molar-refractivity contribution is -0.0142. The summed E-state index contributed by atoms with van der Waals surface area (Å²) in [6.45, 7) is 2.79. The van der Waals surface area contributed by atoms with E-state index in [1.165, 1.54) is 0 Å². The van der Waals surface area contributed by atoms with E-state index in [-0.39, 0.29) is 6.04 Å². The molecule has 1 saturated carbocycles. The van der Waals surface area contributed by atoms with Crippen molar-refractivity contribution in [2.75, 3.05) is 13.7 Å². The van der Waals surface area contributed by atoms with Crippen molar-refractivity contribution in [3.8, 4) is 0 Å². The van der Waals surface area contributed by atoms with Crippen LogP contribution in [-0.4, -0.2) is 53.5 Å². The van der Waals surface area contributed by atoms with Crippen molar-refractivity contribution in [1.29, 1.82) is 0 Å². The van der Waals surface area contributed by atoms with Crippen LogP contribution in [0.2, 0.25) is 0 Å². The fourth-order valence-corrected chi connectivity index (χ4v) is 2.91. The average molecular weight is 244 g/mol. The van der Waals surface area contributed by atoms with E-state index in [0.717, 1.165) is 32.2 Å². The van der Waals surface area contributed by atoms with Gasteiger partial charge in [-0.1, -0.05) is 0 Å². The quantitative estimate of drug-likeness (QED) is 0.656. The van der Waals surface area contributed by atoms with Crippen LogP contribution in [0.15, 0.2) is 0 Å². The molecule has 1 aliphatic heterocycles. The van der Waals surface area contributed by atoms with Crippen LogP contribution in [0.25, 0.3) is 0 Å². The van der Waals surface area contributed by atoms with Crippen LogP contribution >= 0.6 is 0 Å². The third kappa shape index (κ3) is 2.98. The zero-order valence-corrected chi connectivity index (χ0v) is 10.7. The predicted octanol–water partition coefficient (Wildman–Crippen LogP) is 0.0796. The van der Waals surface area contributed by atoms with Crippen LogP contribution in [0, 0.1) is 5.92 Å². The van der Waals surface area contributed by atoms with Gasteiger partial charge >= 0.3 is 0 Å². The van der Waals surface area contributed by atoms with E-state index in [1.54, 1.807) is 7.11 Å². The summed E-state index contributed by atoms with van der Waals surface area (Å²) in [5.41, 5.74) is 0. The van der Waals surface area contributed by atoms with E-state index >= 15 is 0 Å². The van der Waals surface area contributed by atoms with Crippen molar-refractivity contribution in [3.05, 3.63) is 0 Å². The molecule has 17 heavy (non-hydrogen) atoms. The molecule has 1 aliphatic carbocycles. The van der Waals surface area contributed by atoms with Gasteiger partial charge in [0, 0.05) is 19.7 Å². The maximum atomic E-state index is 9.79. The monoisotopic (exact) mass is 244 g/mol. The number of nitrogens with one attached hydrogen (secondary N) is 1. The molecule has 3 atom stereocenters. The molecule has 0 bridgehead atoms. The van der Waals surface area contributed by atoms with Crippen LogP contribution in [0.3, 0.4) is 0 Å². The molecule has 2 aliphatic rings. The molecule has 2 rings (SSSR count). The second kappa shape index (κ2) is 5.63. The summed E-state index contributed by atoms with van der Waals surface area (Å²) in [7, 11) is 1.78. The molecule has 0 aromatic rings. The molecule has 1 saturated heterocycles. The van der Waals surface area contributed by atoms with Crippen molar-refractivity contribution in [1.82, 2.24) is 10.2 Å². The topological polar surface area (TPSA) is 65.0 Å². The molecule has 0 aromatic carbocycles.